The van der Waals surface area contributed by atoms with E-state index < -0.39 is 67.3 Å². The lowest BCUT2D eigenvalue weighted by Gasteiger charge is -2.40. The Kier molecular flexibility index (Phi) is 9.55. The molecule has 4 aromatic carbocycles. The number of cyclic esters (lactones) is 1. The molecular formula is C36H36FNO9. The molecule has 10 nitrogen and oxygen atoms in total. The van der Waals surface area contributed by atoms with Gasteiger partial charge in [0, 0.05) is 11.3 Å². The summed E-state index contributed by atoms with van der Waals surface area (Å²) in [5.74, 6) is -0.485. The summed E-state index contributed by atoms with van der Waals surface area (Å²) in [5.41, 5.74) is 3.47. The Bertz CT molecular complexity index is 1670. The van der Waals surface area contributed by atoms with Gasteiger partial charge in [-0.15, -0.1) is 0 Å². The molecule has 0 aliphatic carbocycles. The van der Waals surface area contributed by atoms with Crippen molar-refractivity contribution in [3.05, 3.63) is 120 Å². The molecule has 0 spiro atoms. The third kappa shape index (κ3) is 6.59. The fraction of sp³-hybridized carbons (Fsp3) is 0.306. The first-order valence-electron chi connectivity index (χ1n) is 15.4. The number of aliphatic hydroxyl groups is 5. The number of halogens is 1. The number of ether oxygens (including phenoxy) is 2. The summed E-state index contributed by atoms with van der Waals surface area (Å²) in [6.07, 6.45) is -8.09. The van der Waals surface area contributed by atoms with Crippen molar-refractivity contribution in [1.82, 2.24) is 0 Å². The van der Waals surface area contributed by atoms with Crippen molar-refractivity contribution in [3.63, 3.8) is 0 Å². The minimum absolute atomic E-state index is 0.0752. The number of rotatable bonds is 9. The van der Waals surface area contributed by atoms with Crippen LogP contribution in [0.5, 0.6) is 5.75 Å². The van der Waals surface area contributed by atoms with Gasteiger partial charge in [-0.3, -0.25) is 4.90 Å². The van der Waals surface area contributed by atoms with Crippen molar-refractivity contribution in [2.45, 2.75) is 61.6 Å². The minimum atomic E-state index is -1.49. The molecule has 2 saturated heterocycles. The van der Waals surface area contributed by atoms with E-state index in [0.717, 1.165) is 5.56 Å². The van der Waals surface area contributed by atoms with Gasteiger partial charge in [0.15, 0.2) is 0 Å². The predicted molar refractivity (Wildman–Crippen MR) is 169 cm³/mol. The largest absolute Gasteiger partial charge is 0.508 e. The highest BCUT2D eigenvalue weighted by atomic mass is 19.1. The molecule has 8 atom stereocenters. The first kappa shape index (κ1) is 32.6. The molecule has 8 unspecified atom stereocenters. The number of carbonyl (C=O) groups is 1. The van der Waals surface area contributed by atoms with Gasteiger partial charge in [0.05, 0.1) is 12.7 Å². The molecule has 6 rings (SSSR count). The Morgan fingerprint density at radius 3 is 2.15 bits per heavy atom. The summed E-state index contributed by atoms with van der Waals surface area (Å²) >= 11 is 0. The van der Waals surface area contributed by atoms with Crippen LogP contribution in [0, 0.1) is 5.82 Å². The first-order valence-corrected chi connectivity index (χ1v) is 15.4. The van der Waals surface area contributed by atoms with Crippen LogP contribution in [0.1, 0.15) is 47.8 Å². The number of aromatic hydroxyl groups is 1. The lowest BCUT2D eigenvalue weighted by molar-refractivity contribution is -0.231. The Morgan fingerprint density at radius 1 is 0.809 bits per heavy atom. The number of hydrogen-bond acceptors (Lipinski definition) is 9. The zero-order valence-corrected chi connectivity index (χ0v) is 25.2. The average Bonchev–Trinajstić information content (AvgIpc) is 3.42. The van der Waals surface area contributed by atoms with E-state index in [1.54, 1.807) is 66.7 Å². The van der Waals surface area contributed by atoms with Crippen LogP contribution < -0.4 is 4.90 Å². The second-order valence-electron chi connectivity index (χ2n) is 11.9. The highest BCUT2D eigenvalue weighted by Gasteiger charge is 2.45. The fourth-order valence-corrected chi connectivity index (χ4v) is 6.33. The van der Waals surface area contributed by atoms with E-state index in [1.807, 2.05) is 6.07 Å². The van der Waals surface area contributed by atoms with Crippen molar-refractivity contribution >= 4 is 11.8 Å². The van der Waals surface area contributed by atoms with E-state index in [0.29, 0.717) is 27.9 Å². The van der Waals surface area contributed by atoms with Crippen LogP contribution >= 0.6 is 0 Å². The monoisotopic (exact) mass is 645 g/mol. The number of para-hydroxylation sites is 1. The molecule has 4 aromatic rings. The number of benzene rings is 4. The van der Waals surface area contributed by atoms with Crippen molar-refractivity contribution in [3.8, 4) is 16.9 Å². The van der Waals surface area contributed by atoms with E-state index in [1.165, 1.54) is 29.2 Å². The number of phenols is 1. The molecule has 2 heterocycles. The van der Waals surface area contributed by atoms with Crippen molar-refractivity contribution in [2.75, 3.05) is 11.5 Å². The van der Waals surface area contributed by atoms with Gasteiger partial charge in [-0.25, -0.2) is 9.18 Å². The molecule has 1 amide bonds. The van der Waals surface area contributed by atoms with E-state index in [9.17, 15) is 39.8 Å². The van der Waals surface area contributed by atoms with Crippen molar-refractivity contribution < 1.29 is 49.3 Å². The standard InChI is InChI=1S/C36H36FNO9/c37-24-13-10-21(11-14-24)27(40)16-17-29-31(38(36(45)47-29)25-4-2-1-3-5-25)26-15-12-23(18-28(26)41)20-6-8-22(9-7-20)35-34(44)33(43)32(42)30(19-39)46-35/h1-15,18,27,29-35,39-44H,16-17,19H2. The number of aliphatic hydroxyl groups excluding tert-OH is 5. The molecule has 2 aliphatic heterocycles. The predicted octanol–water partition coefficient (Wildman–Crippen LogP) is 4.29. The topological polar surface area (TPSA) is 160 Å². The highest BCUT2D eigenvalue weighted by molar-refractivity contribution is 5.91. The lowest BCUT2D eigenvalue weighted by atomic mass is 9.90. The Morgan fingerprint density at radius 2 is 1.49 bits per heavy atom. The van der Waals surface area contributed by atoms with Crippen LogP contribution in [-0.2, 0) is 9.47 Å². The number of nitrogens with zero attached hydrogens (tertiary/aromatic N) is 1. The van der Waals surface area contributed by atoms with Crippen LogP contribution in [0.2, 0.25) is 0 Å². The maximum absolute atomic E-state index is 13.4. The van der Waals surface area contributed by atoms with Crippen molar-refractivity contribution in [1.29, 1.82) is 0 Å². The van der Waals surface area contributed by atoms with Crippen molar-refractivity contribution in [2.24, 2.45) is 0 Å². The highest BCUT2D eigenvalue weighted by Crippen LogP contribution is 2.44. The molecule has 2 fully saturated rings. The summed E-state index contributed by atoms with van der Waals surface area (Å²) in [6, 6.07) is 25.8. The molecule has 0 aromatic heterocycles. The molecular weight excluding hydrogens is 609 g/mol. The zero-order valence-electron chi connectivity index (χ0n) is 25.2. The fourth-order valence-electron chi connectivity index (χ4n) is 6.33. The van der Waals surface area contributed by atoms with E-state index in [-0.39, 0.29) is 18.6 Å². The quantitative estimate of drug-likeness (QED) is 0.156. The van der Waals surface area contributed by atoms with E-state index in [4.69, 9.17) is 9.47 Å². The Balaban J connectivity index is 1.25. The SMILES string of the molecule is O=C1OC(CCC(O)c2ccc(F)cc2)C(c2ccc(-c3ccc(C4OC(CO)C(O)C(O)C4O)cc3)cc2O)N1c1ccccc1. The Hall–Kier alpha value is -4.36. The maximum atomic E-state index is 13.4. The summed E-state index contributed by atoms with van der Waals surface area (Å²) in [6.45, 7) is -0.528. The van der Waals surface area contributed by atoms with Gasteiger partial charge in [-0.1, -0.05) is 66.7 Å². The third-order valence-electron chi connectivity index (χ3n) is 8.91. The van der Waals surface area contributed by atoms with Gasteiger partial charge in [0.25, 0.3) is 0 Å². The zero-order chi connectivity index (χ0) is 33.2. The Labute approximate surface area is 270 Å². The van der Waals surface area contributed by atoms with Gasteiger partial charge >= 0.3 is 6.09 Å². The molecule has 0 radical (unpaired) electrons. The molecule has 47 heavy (non-hydrogen) atoms. The molecule has 246 valence electrons. The summed E-state index contributed by atoms with van der Waals surface area (Å²) in [4.78, 5) is 14.7. The summed E-state index contributed by atoms with van der Waals surface area (Å²) in [5, 5.41) is 62.4. The van der Waals surface area contributed by atoms with Gasteiger partial charge in [0.1, 0.15) is 54.2 Å². The number of phenolic OH excluding ortho intramolecular Hbond substituents is 1. The van der Waals surface area contributed by atoms with Crippen LogP contribution in [0.15, 0.2) is 97.1 Å². The summed E-state index contributed by atoms with van der Waals surface area (Å²) in [7, 11) is 0. The van der Waals surface area contributed by atoms with Crippen LogP contribution in [0.3, 0.4) is 0 Å². The van der Waals surface area contributed by atoms with Crippen LogP contribution in [-0.4, -0.2) is 73.9 Å². The normalized spacial score (nSPS) is 26.6. The van der Waals surface area contributed by atoms with E-state index in [2.05, 4.69) is 0 Å². The first-order chi connectivity index (χ1) is 22.7. The lowest BCUT2D eigenvalue weighted by Crippen LogP contribution is -2.55. The second-order valence-corrected chi connectivity index (χ2v) is 11.9. The number of hydrogen-bond donors (Lipinski definition) is 6. The van der Waals surface area contributed by atoms with Crippen LogP contribution in [0.25, 0.3) is 11.1 Å². The average molecular weight is 646 g/mol. The number of amides is 1. The molecule has 11 heteroatoms. The second kappa shape index (κ2) is 13.8. The molecule has 0 bridgehead atoms. The minimum Gasteiger partial charge on any atom is -0.508 e. The molecule has 2 aliphatic rings. The third-order valence-corrected chi connectivity index (χ3v) is 8.91. The molecule has 0 saturated carbocycles. The van der Waals surface area contributed by atoms with Gasteiger partial charge in [-0.2, -0.15) is 0 Å². The number of carbonyl (C=O) groups excluding carboxylic acids is 1. The van der Waals surface area contributed by atoms with Crippen LogP contribution in [0.4, 0.5) is 14.9 Å². The smallest absolute Gasteiger partial charge is 0.415 e. The molecule has 6 N–H and O–H groups in total. The van der Waals surface area contributed by atoms with Gasteiger partial charge in [-0.05, 0) is 65.4 Å². The summed E-state index contributed by atoms with van der Waals surface area (Å²) < 4.78 is 24.9. The van der Waals surface area contributed by atoms with Gasteiger partial charge < -0.3 is 40.1 Å². The van der Waals surface area contributed by atoms with E-state index >= 15 is 0 Å². The number of anilines is 1. The maximum Gasteiger partial charge on any atom is 0.415 e. The van der Waals surface area contributed by atoms with Gasteiger partial charge in [0.2, 0.25) is 0 Å².